The number of H-pyrrole nitrogens is 1. The molecular weight excluding hydrogens is 360 g/mol. The van der Waals surface area contributed by atoms with Gasteiger partial charge in [0.1, 0.15) is 0 Å². The van der Waals surface area contributed by atoms with Crippen LogP contribution in [0.5, 0.6) is 5.75 Å². The van der Waals surface area contributed by atoms with Gasteiger partial charge in [0, 0.05) is 18.5 Å². The normalized spacial score (nSPS) is 15.6. The minimum atomic E-state index is -0.287. The van der Waals surface area contributed by atoms with Crippen LogP contribution in [0.3, 0.4) is 0 Å². The van der Waals surface area contributed by atoms with Crippen molar-refractivity contribution >= 4 is 16.9 Å². The molecule has 3 aromatic rings. The van der Waals surface area contributed by atoms with Gasteiger partial charge >= 0.3 is 5.97 Å². The third-order valence-corrected chi connectivity index (χ3v) is 6.05. The maximum Gasteiger partial charge on any atom is 0.308 e. The maximum absolute atomic E-state index is 11.3. The smallest absolute Gasteiger partial charge is 0.308 e. The molecular formula is C25H30N2O2. The number of unbranched alkanes of at least 4 members (excludes halogenated alkanes) is 1. The fourth-order valence-electron chi connectivity index (χ4n) is 4.50. The van der Waals surface area contributed by atoms with Crippen molar-refractivity contribution in [2.45, 2.75) is 44.9 Å². The molecule has 0 bridgehead atoms. The zero-order valence-electron chi connectivity index (χ0n) is 17.2. The summed E-state index contributed by atoms with van der Waals surface area (Å²) in [5, 5.41) is 1.16. The molecule has 1 fully saturated rings. The quantitative estimate of drug-likeness (QED) is 0.338. The minimum Gasteiger partial charge on any atom is -0.424 e. The highest BCUT2D eigenvalue weighted by molar-refractivity contribution is 5.90. The number of benzene rings is 2. The highest BCUT2D eigenvalue weighted by Gasteiger charge is 2.20. The van der Waals surface area contributed by atoms with E-state index >= 15 is 0 Å². The van der Waals surface area contributed by atoms with Gasteiger partial charge in [0.15, 0.2) is 5.75 Å². The van der Waals surface area contributed by atoms with E-state index in [1.807, 2.05) is 12.1 Å². The number of likely N-dealkylation sites (tertiary alicyclic amines) is 1. The Morgan fingerprint density at radius 1 is 1.07 bits per heavy atom. The standard InChI is InChI=1S/C25H30N2O2/c1-19(28)29-24-12-7-11-23-22(18-26-25(23)24)10-5-6-15-27-16-13-21(14-17-27)20-8-3-2-4-9-20/h2-4,7-9,11-12,18,21,26H,5-6,10,13-17H2,1H3. The van der Waals surface area contributed by atoms with Gasteiger partial charge in [-0.1, -0.05) is 42.5 Å². The van der Waals surface area contributed by atoms with Gasteiger partial charge in [0.2, 0.25) is 0 Å². The van der Waals surface area contributed by atoms with Crippen molar-refractivity contribution in [3.8, 4) is 5.75 Å². The average molecular weight is 391 g/mol. The summed E-state index contributed by atoms with van der Waals surface area (Å²) in [6.07, 6.45) is 8.03. The first kappa shape index (κ1) is 19.7. The van der Waals surface area contributed by atoms with E-state index in [2.05, 4.69) is 52.5 Å². The first-order chi connectivity index (χ1) is 14.2. The summed E-state index contributed by atoms with van der Waals surface area (Å²) < 4.78 is 5.31. The second-order valence-electron chi connectivity index (χ2n) is 8.07. The summed E-state index contributed by atoms with van der Waals surface area (Å²) in [7, 11) is 0. The number of esters is 1. The third kappa shape index (κ3) is 4.88. The Morgan fingerprint density at radius 2 is 1.86 bits per heavy atom. The monoisotopic (exact) mass is 390 g/mol. The molecule has 0 saturated carbocycles. The van der Waals surface area contributed by atoms with Gasteiger partial charge in [0.25, 0.3) is 0 Å². The van der Waals surface area contributed by atoms with Crippen LogP contribution in [0.4, 0.5) is 0 Å². The highest BCUT2D eigenvalue weighted by Crippen LogP contribution is 2.29. The number of hydrogen-bond acceptors (Lipinski definition) is 3. The van der Waals surface area contributed by atoms with Crippen LogP contribution in [0.15, 0.2) is 54.7 Å². The molecule has 1 N–H and O–H groups in total. The van der Waals surface area contributed by atoms with Crippen molar-refractivity contribution in [2.75, 3.05) is 19.6 Å². The molecule has 1 aromatic heterocycles. The van der Waals surface area contributed by atoms with Crippen LogP contribution in [0.25, 0.3) is 10.9 Å². The van der Waals surface area contributed by atoms with Crippen LogP contribution in [0.1, 0.15) is 49.7 Å². The molecule has 0 spiro atoms. The van der Waals surface area contributed by atoms with Crippen molar-refractivity contribution in [2.24, 2.45) is 0 Å². The molecule has 29 heavy (non-hydrogen) atoms. The fraction of sp³-hybridized carbons (Fsp3) is 0.400. The number of aromatic amines is 1. The van der Waals surface area contributed by atoms with Crippen molar-refractivity contribution in [3.63, 3.8) is 0 Å². The van der Waals surface area contributed by atoms with Crippen LogP contribution < -0.4 is 4.74 Å². The number of piperidine rings is 1. The second kappa shape index (κ2) is 9.27. The molecule has 0 aliphatic carbocycles. The topological polar surface area (TPSA) is 45.3 Å². The van der Waals surface area contributed by atoms with Gasteiger partial charge in [0.05, 0.1) is 5.52 Å². The Hall–Kier alpha value is -2.59. The van der Waals surface area contributed by atoms with Gasteiger partial charge < -0.3 is 14.6 Å². The summed E-state index contributed by atoms with van der Waals surface area (Å²) >= 11 is 0. The molecule has 1 saturated heterocycles. The third-order valence-electron chi connectivity index (χ3n) is 6.05. The number of fused-ring (bicyclic) bond motifs is 1. The first-order valence-electron chi connectivity index (χ1n) is 10.8. The number of aromatic nitrogens is 1. The Morgan fingerprint density at radius 3 is 2.62 bits per heavy atom. The molecule has 4 rings (SSSR count). The van der Waals surface area contributed by atoms with E-state index in [0.29, 0.717) is 5.75 Å². The van der Waals surface area contributed by atoms with Crippen LogP contribution in [0.2, 0.25) is 0 Å². The molecule has 2 heterocycles. The predicted molar refractivity (Wildman–Crippen MR) is 117 cm³/mol. The number of ether oxygens (including phenoxy) is 1. The van der Waals surface area contributed by atoms with Crippen LogP contribution in [-0.2, 0) is 11.2 Å². The maximum atomic E-state index is 11.3. The molecule has 1 aliphatic rings. The molecule has 4 heteroatoms. The minimum absolute atomic E-state index is 0.287. The van der Waals surface area contributed by atoms with Crippen molar-refractivity contribution in [3.05, 3.63) is 65.9 Å². The summed E-state index contributed by atoms with van der Waals surface area (Å²) in [4.78, 5) is 17.2. The molecule has 0 unspecified atom stereocenters. The van der Waals surface area contributed by atoms with E-state index in [0.717, 1.165) is 23.2 Å². The molecule has 2 aromatic carbocycles. The summed E-state index contributed by atoms with van der Waals surface area (Å²) in [5.74, 6) is 1.05. The number of hydrogen-bond donors (Lipinski definition) is 1. The molecule has 1 aliphatic heterocycles. The van der Waals surface area contributed by atoms with Crippen LogP contribution in [0, 0.1) is 0 Å². The molecule has 0 atom stereocenters. The van der Waals surface area contributed by atoms with Crippen molar-refractivity contribution in [1.82, 2.24) is 9.88 Å². The number of rotatable bonds is 7. The summed E-state index contributed by atoms with van der Waals surface area (Å²) in [6.45, 7) is 5.03. The molecule has 4 nitrogen and oxygen atoms in total. The largest absolute Gasteiger partial charge is 0.424 e. The van der Waals surface area contributed by atoms with E-state index in [1.54, 1.807) is 0 Å². The lowest BCUT2D eigenvalue weighted by Gasteiger charge is -2.32. The molecule has 0 amide bonds. The fourth-order valence-corrected chi connectivity index (χ4v) is 4.50. The van der Waals surface area contributed by atoms with Crippen LogP contribution in [-0.4, -0.2) is 35.5 Å². The Labute approximate surface area is 172 Å². The number of aryl methyl sites for hydroxylation is 1. The van der Waals surface area contributed by atoms with Gasteiger partial charge in [-0.05, 0) is 74.8 Å². The van der Waals surface area contributed by atoms with Gasteiger partial charge in [-0.2, -0.15) is 0 Å². The highest BCUT2D eigenvalue weighted by atomic mass is 16.5. The van der Waals surface area contributed by atoms with E-state index in [4.69, 9.17) is 4.74 Å². The summed E-state index contributed by atoms with van der Waals surface area (Å²) in [6, 6.07) is 16.8. The van der Waals surface area contributed by atoms with Gasteiger partial charge in [-0.15, -0.1) is 0 Å². The van der Waals surface area contributed by atoms with Gasteiger partial charge in [-0.25, -0.2) is 0 Å². The SMILES string of the molecule is CC(=O)Oc1cccc2c(CCCCN3CCC(c4ccccc4)CC3)c[nH]c12. The number of para-hydroxylation sites is 1. The van der Waals surface area contributed by atoms with E-state index < -0.39 is 0 Å². The van der Waals surface area contributed by atoms with Crippen molar-refractivity contribution in [1.29, 1.82) is 0 Å². The lowest BCUT2D eigenvalue weighted by molar-refractivity contribution is -0.131. The van der Waals surface area contributed by atoms with Crippen molar-refractivity contribution < 1.29 is 9.53 Å². The predicted octanol–water partition coefficient (Wildman–Crippen LogP) is 5.30. The first-order valence-corrected chi connectivity index (χ1v) is 10.8. The Kier molecular flexibility index (Phi) is 6.30. The lowest BCUT2D eigenvalue weighted by Crippen LogP contribution is -2.33. The zero-order chi connectivity index (χ0) is 20.1. The number of nitrogens with one attached hydrogen (secondary N) is 1. The molecule has 0 radical (unpaired) electrons. The van der Waals surface area contributed by atoms with E-state index in [-0.39, 0.29) is 5.97 Å². The van der Waals surface area contributed by atoms with E-state index in [1.165, 1.54) is 63.4 Å². The number of nitrogens with zero attached hydrogens (tertiary/aromatic N) is 1. The van der Waals surface area contributed by atoms with Crippen LogP contribution >= 0.6 is 0 Å². The Balaban J connectivity index is 1.24. The zero-order valence-corrected chi connectivity index (χ0v) is 17.2. The second-order valence-corrected chi connectivity index (χ2v) is 8.07. The summed E-state index contributed by atoms with van der Waals surface area (Å²) in [5.41, 5.74) is 3.72. The number of carbonyl (C=O) groups excluding carboxylic acids is 1. The number of carbonyl (C=O) groups is 1. The van der Waals surface area contributed by atoms with E-state index in [9.17, 15) is 4.79 Å². The average Bonchev–Trinajstić information content (AvgIpc) is 3.16. The lowest BCUT2D eigenvalue weighted by atomic mass is 9.89. The molecule has 152 valence electrons. The Bertz CT molecular complexity index is 940. The van der Waals surface area contributed by atoms with Gasteiger partial charge in [-0.3, -0.25) is 4.79 Å².